The predicted octanol–water partition coefficient (Wildman–Crippen LogP) is 10.1. The van der Waals surface area contributed by atoms with E-state index in [4.69, 9.17) is 0 Å². The van der Waals surface area contributed by atoms with Crippen LogP contribution in [0.5, 0.6) is 0 Å². The summed E-state index contributed by atoms with van der Waals surface area (Å²) in [6.07, 6.45) is 26.6. The Bertz CT molecular complexity index is 220. The van der Waals surface area contributed by atoms with Crippen LogP contribution in [-0.4, -0.2) is 13.6 Å². The number of hydrogen-bond donors (Lipinski definition) is 0. The van der Waals surface area contributed by atoms with Gasteiger partial charge in [-0.2, -0.15) is 0 Å². The molecule has 158 valence electrons. The van der Waals surface area contributed by atoms with Crippen molar-refractivity contribution in [2.45, 2.75) is 158 Å². The first kappa shape index (κ1) is 26.6. The molecule has 0 nitrogen and oxygen atoms in total. The van der Waals surface area contributed by atoms with Gasteiger partial charge in [-0.05, 0) is 0 Å². The first-order valence-electron chi connectivity index (χ1n) is 12.5. The third-order valence-corrected chi connectivity index (χ3v) is 14.9. The van der Waals surface area contributed by atoms with Crippen LogP contribution in [-0.2, 0) is 0 Å². The maximum absolute atomic E-state index is 2.79. The van der Waals surface area contributed by atoms with Gasteiger partial charge in [0.05, 0.1) is 0 Å². The summed E-state index contributed by atoms with van der Waals surface area (Å²) in [4.78, 5) is 0. The minimum atomic E-state index is -1.33. The molecule has 0 saturated carbocycles. The molecule has 0 radical (unpaired) electrons. The molecule has 0 aromatic rings. The Morgan fingerprint density at radius 1 is 0.346 bits per heavy atom. The van der Waals surface area contributed by atoms with Crippen molar-refractivity contribution in [2.24, 2.45) is 0 Å². The molecule has 0 bridgehead atoms. The van der Waals surface area contributed by atoms with E-state index in [0.29, 0.717) is 0 Å². The second-order valence-corrected chi connectivity index (χ2v) is 18.7. The van der Waals surface area contributed by atoms with E-state index >= 15 is 0 Å². The molecule has 1 heteroatoms. The number of unbranched alkanes of at least 4 members (excludes halogenated alkanes) is 15. The molecule has 0 rings (SSSR count). The fraction of sp³-hybridized carbons (Fsp3) is 1.00. The van der Waals surface area contributed by atoms with Crippen molar-refractivity contribution >= 4 is 13.6 Å². The van der Waals surface area contributed by atoms with Crippen LogP contribution in [0.2, 0.25) is 21.3 Å². The van der Waals surface area contributed by atoms with E-state index in [1.165, 1.54) is 96.3 Å². The van der Waals surface area contributed by atoms with Crippen LogP contribution in [0.4, 0.5) is 0 Å². The average Bonchev–Trinajstić information content (AvgIpc) is 2.64. The van der Waals surface area contributed by atoms with E-state index in [1.54, 1.807) is 34.9 Å². The number of hydrogen-bond acceptors (Lipinski definition) is 0. The van der Waals surface area contributed by atoms with Crippen LogP contribution in [0.25, 0.3) is 0 Å². The van der Waals surface area contributed by atoms with E-state index in [-0.39, 0.29) is 0 Å². The van der Waals surface area contributed by atoms with Gasteiger partial charge in [0, 0.05) is 0 Å². The molecule has 0 saturated heterocycles. The molecule has 0 atom stereocenters. The summed E-state index contributed by atoms with van der Waals surface area (Å²) in [5.41, 5.74) is 2.79. The summed E-state index contributed by atoms with van der Waals surface area (Å²) in [5.74, 6) is 0. The average molecular weight is 430 g/mol. The fourth-order valence-electron chi connectivity index (χ4n) is 4.16. The summed E-state index contributed by atoms with van der Waals surface area (Å²) in [7, 11) is 0. The van der Waals surface area contributed by atoms with Crippen LogP contribution in [0.1, 0.15) is 136 Å². The molecule has 0 aliphatic carbocycles. The Morgan fingerprint density at radius 2 is 0.577 bits per heavy atom. The van der Waals surface area contributed by atoms with Gasteiger partial charge in [0.1, 0.15) is 0 Å². The van der Waals surface area contributed by atoms with Gasteiger partial charge in [0.25, 0.3) is 0 Å². The monoisotopic (exact) mass is 429 g/mol. The van der Waals surface area contributed by atoms with E-state index in [0.717, 1.165) is 0 Å². The molecule has 0 aromatic carbocycles. The van der Waals surface area contributed by atoms with Gasteiger partial charge in [-0.15, -0.1) is 0 Å². The molecular formula is C25H54As+. The van der Waals surface area contributed by atoms with Gasteiger partial charge in [-0.3, -0.25) is 0 Å². The van der Waals surface area contributed by atoms with Crippen molar-refractivity contribution in [2.75, 3.05) is 0 Å². The van der Waals surface area contributed by atoms with Gasteiger partial charge in [0.2, 0.25) is 0 Å². The molecule has 0 unspecified atom stereocenters. The van der Waals surface area contributed by atoms with Crippen molar-refractivity contribution in [3.63, 3.8) is 0 Å². The summed E-state index contributed by atoms with van der Waals surface area (Å²) >= 11 is -1.33. The maximum atomic E-state index is 2.79. The zero-order valence-electron chi connectivity index (χ0n) is 19.3. The minimum absolute atomic E-state index is 1.33. The standard InChI is InChI=1S/C25H54As/c1-5-8-11-14-17-20-23-26(4,24-21-18-15-12-9-6-2)25-22-19-16-13-10-7-3/h5-25H2,1-4H3/q+1. The van der Waals surface area contributed by atoms with E-state index in [2.05, 4.69) is 26.5 Å². The zero-order valence-corrected chi connectivity index (χ0v) is 21.2. The predicted molar refractivity (Wildman–Crippen MR) is 126 cm³/mol. The van der Waals surface area contributed by atoms with Gasteiger partial charge < -0.3 is 0 Å². The van der Waals surface area contributed by atoms with Crippen molar-refractivity contribution < 1.29 is 0 Å². The van der Waals surface area contributed by atoms with Crippen LogP contribution in [0.3, 0.4) is 0 Å². The molecule has 0 aromatic heterocycles. The van der Waals surface area contributed by atoms with E-state index in [9.17, 15) is 0 Å². The Hall–Kier alpha value is 0.558. The first-order valence-corrected chi connectivity index (χ1v) is 18.4. The van der Waals surface area contributed by atoms with Gasteiger partial charge >= 0.3 is 171 Å². The molecule has 0 aliphatic rings. The van der Waals surface area contributed by atoms with E-state index in [1.807, 2.05) is 0 Å². The summed E-state index contributed by atoms with van der Waals surface area (Å²) in [6, 6.07) is 0. The summed E-state index contributed by atoms with van der Waals surface area (Å²) in [5, 5.41) is 4.98. The van der Waals surface area contributed by atoms with Crippen LogP contribution in [0.15, 0.2) is 0 Å². The second kappa shape index (κ2) is 20.3. The molecular weight excluding hydrogens is 375 g/mol. The normalized spacial score (nSPS) is 12.0. The molecule has 0 fully saturated rings. The topological polar surface area (TPSA) is 0 Å². The van der Waals surface area contributed by atoms with Crippen LogP contribution in [0, 0.1) is 0 Å². The first-order chi connectivity index (χ1) is 12.7. The molecule has 0 heterocycles. The Morgan fingerprint density at radius 3 is 0.846 bits per heavy atom. The zero-order chi connectivity index (χ0) is 19.3. The Balaban J connectivity index is 4.02. The Labute approximate surface area is 171 Å². The Kier molecular flexibility index (Phi) is 20.7. The van der Waals surface area contributed by atoms with E-state index < -0.39 is 13.6 Å². The van der Waals surface area contributed by atoms with Gasteiger partial charge in [-0.1, -0.05) is 0 Å². The second-order valence-electron chi connectivity index (χ2n) is 9.09. The van der Waals surface area contributed by atoms with Crippen molar-refractivity contribution in [3.8, 4) is 0 Å². The summed E-state index contributed by atoms with van der Waals surface area (Å²) in [6.45, 7) is 6.98. The van der Waals surface area contributed by atoms with Crippen LogP contribution < -0.4 is 0 Å². The summed E-state index contributed by atoms with van der Waals surface area (Å²) < 4.78 is 0. The van der Waals surface area contributed by atoms with Crippen molar-refractivity contribution in [1.29, 1.82) is 0 Å². The third-order valence-electron chi connectivity index (χ3n) is 6.15. The fourth-order valence-corrected chi connectivity index (χ4v) is 11.8. The van der Waals surface area contributed by atoms with Gasteiger partial charge in [-0.25, -0.2) is 0 Å². The van der Waals surface area contributed by atoms with Crippen LogP contribution >= 0.6 is 0 Å². The third kappa shape index (κ3) is 17.9. The van der Waals surface area contributed by atoms with Crippen molar-refractivity contribution in [1.82, 2.24) is 0 Å². The van der Waals surface area contributed by atoms with Gasteiger partial charge in [0.15, 0.2) is 0 Å². The molecule has 0 N–H and O–H groups in total. The SMILES string of the molecule is CCCCCCCC[As+](C)(CCCCCCCC)CCCCCCCC. The van der Waals surface area contributed by atoms with Crippen molar-refractivity contribution in [3.05, 3.63) is 0 Å². The quantitative estimate of drug-likeness (QED) is 0.126. The molecule has 0 aliphatic heterocycles. The molecule has 0 amide bonds. The molecule has 0 spiro atoms. The number of rotatable bonds is 21. The molecule has 26 heavy (non-hydrogen) atoms.